The molecule has 1 aliphatic heterocycles. The number of morpholine rings is 1. The molecule has 3 heterocycles. The van der Waals surface area contributed by atoms with Crippen LogP contribution in [0.5, 0.6) is 0 Å². The molecule has 1 aliphatic rings. The maximum atomic E-state index is 12.8. The lowest BCUT2D eigenvalue weighted by Crippen LogP contribution is -2.38. The van der Waals surface area contributed by atoms with Crippen LogP contribution in [0.1, 0.15) is 34.1 Å². The Kier molecular flexibility index (Phi) is 5.30. The molecule has 0 unspecified atom stereocenters. The van der Waals surface area contributed by atoms with Crippen LogP contribution in [-0.2, 0) is 17.7 Å². The summed E-state index contributed by atoms with van der Waals surface area (Å²) in [6, 6.07) is 9.95. The minimum atomic E-state index is -0.102. The first-order valence-corrected chi connectivity index (χ1v) is 9.83. The maximum Gasteiger partial charge on any atom is 0.255 e. The van der Waals surface area contributed by atoms with E-state index in [9.17, 15) is 4.79 Å². The van der Waals surface area contributed by atoms with Gasteiger partial charge in [-0.15, -0.1) is 0 Å². The summed E-state index contributed by atoms with van der Waals surface area (Å²) in [6.07, 6.45) is 2.72. The number of benzene rings is 1. The Hall–Kier alpha value is -2.86. The molecule has 6 heteroatoms. The largest absolute Gasteiger partial charge is 0.378 e. The monoisotopic (exact) mass is 378 g/mol. The van der Waals surface area contributed by atoms with Gasteiger partial charge in [0.15, 0.2) is 0 Å². The zero-order valence-corrected chi connectivity index (χ0v) is 16.4. The number of aromatic amines is 1. The van der Waals surface area contributed by atoms with Gasteiger partial charge in [0.25, 0.3) is 5.91 Å². The Morgan fingerprint density at radius 3 is 2.89 bits per heavy atom. The number of carbonyl (C=O) groups excluding carboxylic acids is 1. The highest BCUT2D eigenvalue weighted by molar-refractivity contribution is 5.99. The van der Waals surface area contributed by atoms with Crippen molar-refractivity contribution in [2.75, 3.05) is 31.2 Å². The van der Waals surface area contributed by atoms with E-state index in [2.05, 4.69) is 52.2 Å². The van der Waals surface area contributed by atoms with Gasteiger partial charge in [-0.3, -0.25) is 4.79 Å². The van der Waals surface area contributed by atoms with Crippen LogP contribution < -0.4 is 10.2 Å². The van der Waals surface area contributed by atoms with E-state index in [1.54, 1.807) is 12.3 Å². The first-order valence-electron chi connectivity index (χ1n) is 9.83. The van der Waals surface area contributed by atoms with Crippen molar-refractivity contribution in [1.82, 2.24) is 15.3 Å². The van der Waals surface area contributed by atoms with Crippen LogP contribution in [0.25, 0.3) is 10.9 Å². The second-order valence-corrected chi connectivity index (χ2v) is 7.12. The smallest absolute Gasteiger partial charge is 0.255 e. The van der Waals surface area contributed by atoms with Crippen molar-refractivity contribution in [1.29, 1.82) is 0 Å². The van der Waals surface area contributed by atoms with E-state index in [-0.39, 0.29) is 5.91 Å². The number of fused-ring (bicyclic) bond motifs is 1. The molecule has 28 heavy (non-hydrogen) atoms. The number of anilines is 1. The molecule has 0 saturated carbocycles. The number of ether oxygens (including phenoxy) is 1. The quantitative estimate of drug-likeness (QED) is 0.715. The molecule has 4 rings (SSSR count). The third-order valence-electron chi connectivity index (χ3n) is 5.37. The van der Waals surface area contributed by atoms with Crippen LogP contribution in [-0.4, -0.2) is 42.2 Å². The Morgan fingerprint density at radius 2 is 2.11 bits per heavy atom. The molecule has 1 fully saturated rings. The standard InChI is InChI=1S/C22H26N4O2/c1-3-19-15(2)18-13-16(6-7-20(18)25-19)14-24-22(27)17-5-4-8-23-21(17)26-9-11-28-12-10-26/h4-8,13,25H,3,9-12,14H2,1-2H3,(H,24,27). The number of pyridine rings is 1. The molecule has 0 radical (unpaired) electrons. The van der Waals surface area contributed by atoms with Crippen LogP contribution >= 0.6 is 0 Å². The Bertz CT molecular complexity index is 989. The van der Waals surface area contributed by atoms with Gasteiger partial charge >= 0.3 is 0 Å². The average Bonchev–Trinajstić information content (AvgIpc) is 3.08. The SMILES string of the molecule is CCc1[nH]c2ccc(CNC(=O)c3cccnc3N3CCOCC3)cc2c1C. The number of hydrogen-bond donors (Lipinski definition) is 2. The predicted molar refractivity (Wildman–Crippen MR) is 111 cm³/mol. The fraction of sp³-hybridized carbons (Fsp3) is 0.364. The molecule has 6 nitrogen and oxygen atoms in total. The zero-order valence-electron chi connectivity index (χ0n) is 16.4. The van der Waals surface area contributed by atoms with Gasteiger partial charge in [-0.05, 0) is 48.7 Å². The van der Waals surface area contributed by atoms with E-state index >= 15 is 0 Å². The van der Waals surface area contributed by atoms with E-state index in [0.29, 0.717) is 25.3 Å². The number of nitrogens with zero attached hydrogens (tertiary/aromatic N) is 2. The Balaban J connectivity index is 1.50. The fourth-order valence-corrected chi connectivity index (χ4v) is 3.77. The van der Waals surface area contributed by atoms with Crippen LogP contribution in [0.4, 0.5) is 5.82 Å². The van der Waals surface area contributed by atoms with Crippen molar-refractivity contribution >= 4 is 22.6 Å². The van der Waals surface area contributed by atoms with Gasteiger partial charge in [0.2, 0.25) is 0 Å². The topological polar surface area (TPSA) is 70.2 Å². The number of hydrogen-bond acceptors (Lipinski definition) is 4. The van der Waals surface area contributed by atoms with Crippen LogP contribution in [0, 0.1) is 6.92 Å². The van der Waals surface area contributed by atoms with Gasteiger partial charge in [-0.2, -0.15) is 0 Å². The average molecular weight is 378 g/mol. The maximum absolute atomic E-state index is 12.8. The van der Waals surface area contributed by atoms with Gasteiger partial charge in [0.1, 0.15) is 5.82 Å². The zero-order chi connectivity index (χ0) is 19.5. The number of aromatic nitrogens is 2. The van der Waals surface area contributed by atoms with E-state index in [1.165, 1.54) is 16.6 Å². The summed E-state index contributed by atoms with van der Waals surface area (Å²) in [5.41, 5.74) is 5.39. The lowest BCUT2D eigenvalue weighted by atomic mass is 10.1. The minimum absolute atomic E-state index is 0.102. The van der Waals surface area contributed by atoms with Gasteiger partial charge in [-0.1, -0.05) is 13.0 Å². The highest BCUT2D eigenvalue weighted by atomic mass is 16.5. The molecule has 1 amide bonds. The Labute approximate surface area is 164 Å². The van der Waals surface area contributed by atoms with Crippen molar-refractivity contribution in [3.05, 3.63) is 58.9 Å². The molecule has 1 aromatic carbocycles. The van der Waals surface area contributed by atoms with Gasteiger partial charge in [-0.25, -0.2) is 4.98 Å². The first kappa shape index (κ1) is 18.5. The van der Waals surface area contributed by atoms with E-state index in [1.807, 2.05) is 6.07 Å². The molecule has 1 saturated heterocycles. The van der Waals surface area contributed by atoms with E-state index in [0.717, 1.165) is 36.4 Å². The first-order chi connectivity index (χ1) is 13.7. The summed E-state index contributed by atoms with van der Waals surface area (Å²) in [4.78, 5) is 22.9. The fourth-order valence-electron chi connectivity index (χ4n) is 3.77. The molecule has 0 aliphatic carbocycles. The van der Waals surface area contributed by atoms with Crippen molar-refractivity contribution in [3.8, 4) is 0 Å². The van der Waals surface area contributed by atoms with Crippen LogP contribution in [0.2, 0.25) is 0 Å². The predicted octanol–water partition coefficient (Wildman–Crippen LogP) is 3.20. The summed E-state index contributed by atoms with van der Waals surface area (Å²) in [5.74, 6) is 0.627. The van der Waals surface area contributed by atoms with Gasteiger partial charge in [0.05, 0.1) is 18.8 Å². The van der Waals surface area contributed by atoms with Gasteiger partial charge < -0.3 is 19.9 Å². The summed E-state index contributed by atoms with van der Waals surface area (Å²) in [5, 5.41) is 4.27. The normalized spacial score (nSPS) is 14.4. The molecule has 3 aromatic rings. The number of nitrogens with one attached hydrogen (secondary N) is 2. The van der Waals surface area contributed by atoms with E-state index in [4.69, 9.17) is 4.74 Å². The molecular formula is C22H26N4O2. The molecule has 2 N–H and O–H groups in total. The lowest BCUT2D eigenvalue weighted by Gasteiger charge is -2.29. The minimum Gasteiger partial charge on any atom is -0.378 e. The second-order valence-electron chi connectivity index (χ2n) is 7.12. The van der Waals surface area contributed by atoms with Crippen molar-refractivity contribution < 1.29 is 9.53 Å². The third kappa shape index (κ3) is 3.60. The van der Waals surface area contributed by atoms with Crippen molar-refractivity contribution in [2.45, 2.75) is 26.8 Å². The Morgan fingerprint density at radius 1 is 1.29 bits per heavy atom. The van der Waals surface area contributed by atoms with E-state index < -0.39 is 0 Å². The van der Waals surface area contributed by atoms with Gasteiger partial charge in [0, 0.05) is 42.4 Å². The summed E-state index contributed by atoms with van der Waals surface area (Å²) in [6.45, 7) is 7.60. The number of amides is 1. The number of rotatable bonds is 5. The molecule has 146 valence electrons. The number of carbonyl (C=O) groups is 1. The highest BCUT2D eigenvalue weighted by Crippen LogP contribution is 2.24. The molecule has 0 spiro atoms. The molecule has 2 aromatic heterocycles. The molecule has 0 bridgehead atoms. The third-order valence-corrected chi connectivity index (χ3v) is 5.37. The van der Waals surface area contributed by atoms with Crippen LogP contribution in [0.15, 0.2) is 36.5 Å². The van der Waals surface area contributed by atoms with Crippen LogP contribution in [0.3, 0.4) is 0 Å². The van der Waals surface area contributed by atoms with Crippen molar-refractivity contribution in [3.63, 3.8) is 0 Å². The second kappa shape index (κ2) is 8.02. The summed E-state index contributed by atoms with van der Waals surface area (Å²) >= 11 is 0. The summed E-state index contributed by atoms with van der Waals surface area (Å²) < 4.78 is 5.41. The highest BCUT2D eigenvalue weighted by Gasteiger charge is 2.19. The summed E-state index contributed by atoms with van der Waals surface area (Å²) in [7, 11) is 0. The number of aryl methyl sites for hydroxylation is 2. The molecular weight excluding hydrogens is 352 g/mol. The number of H-pyrrole nitrogens is 1. The van der Waals surface area contributed by atoms with Crippen molar-refractivity contribution in [2.24, 2.45) is 0 Å². The molecule has 0 atom stereocenters. The lowest BCUT2D eigenvalue weighted by molar-refractivity contribution is 0.0949.